The van der Waals surface area contributed by atoms with Gasteiger partial charge < -0.3 is 9.64 Å². The summed E-state index contributed by atoms with van der Waals surface area (Å²) < 4.78 is 5.34. The molecule has 0 spiro atoms. The van der Waals surface area contributed by atoms with Crippen molar-refractivity contribution in [1.82, 2.24) is 4.90 Å². The molecule has 0 aromatic heterocycles. The molecular weight excluding hydrogens is 210 g/mol. The van der Waals surface area contributed by atoms with Gasteiger partial charge in [-0.05, 0) is 38.2 Å². The molecule has 0 saturated carbocycles. The van der Waals surface area contributed by atoms with Crippen molar-refractivity contribution in [2.24, 2.45) is 0 Å². The molecular formula is C12H18ClNO. The third kappa shape index (κ3) is 3.11. The highest BCUT2D eigenvalue weighted by molar-refractivity contribution is 6.31. The van der Waals surface area contributed by atoms with Crippen LogP contribution in [0.2, 0.25) is 5.02 Å². The van der Waals surface area contributed by atoms with Gasteiger partial charge in [0, 0.05) is 17.1 Å². The minimum atomic E-state index is 0.801. The fraction of sp³-hybridized carbons (Fsp3) is 0.500. The first-order valence-electron chi connectivity index (χ1n) is 5.10. The van der Waals surface area contributed by atoms with E-state index in [-0.39, 0.29) is 0 Å². The van der Waals surface area contributed by atoms with E-state index >= 15 is 0 Å². The third-order valence-electron chi connectivity index (χ3n) is 2.54. The second-order valence-electron chi connectivity index (χ2n) is 3.74. The highest BCUT2D eigenvalue weighted by Gasteiger charge is 2.08. The SMILES string of the molecule is CCN(C)Cc1cc(Cl)c(C)cc1OC. The van der Waals surface area contributed by atoms with Crippen molar-refractivity contribution >= 4 is 11.6 Å². The van der Waals surface area contributed by atoms with Gasteiger partial charge in [-0.2, -0.15) is 0 Å². The molecule has 0 aliphatic rings. The van der Waals surface area contributed by atoms with Crippen molar-refractivity contribution < 1.29 is 4.74 Å². The lowest BCUT2D eigenvalue weighted by Crippen LogP contribution is -2.17. The van der Waals surface area contributed by atoms with Gasteiger partial charge in [-0.25, -0.2) is 0 Å². The van der Waals surface area contributed by atoms with Gasteiger partial charge in [0.05, 0.1) is 7.11 Å². The van der Waals surface area contributed by atoms with Crippen LogP contribution in [0.5, 0.6) is 5.75 Å². The zero-order valence-electron chi connectivity index (χ0n) is 9.80. The van der Waals surface area contributed by atoms with Crippen LogP contribution in [0.25, 0.3) is 0 Å². The first-order valence-corrected chi connectivity index (χ1v) is 5.47. The van der Waals surface area contributed by atoms with E-state index < -0.39 is 0 Å². The molecule has 0 aliphatic heterocycles. The predicted octanol–water partition coefficient (Wildman–Crippen LogP) is 3.11. The summed E-state index contributed by atoms with van der Waals surface area (Å²) in [6.07, 6.45) is 0. The average Bonchev–Trinajstić information content (AvgIpc) is 2.22. The van der Waals surface area contributed by atoms with Crippen LogP contribution in [0.4, 0.5) is 0 Å². The molecule has 0 N–H and O–H groups in total. The van der Waals surface area contributed by atoms with E-state index in [1.165, 1.54) is 0 Å². The summed E-state index contributed by atoms with van der Waals surface area (Å²) in [6, 6.07) is 3.98. The van der Waals surface area contributed by atoms with Gasteiger partial charge in [0.25, 0.3) is 0 Å². The molecule has 0 unspecified atom stereocenters. The van der Waals surface area contributed by atoms with E-state index in [9.17, 15) is 0 Å². The maximum atomic E-state index is 6.10. The summed E-state index contributed by atoms with van der Waals surface area (Å²) in [5.74, 6) is 0.914. The summed E-state index contributed by atoms with van der Waals surface area (Å²) in [5, 5.41) is 0.801. The Labute approximate surface area is 96.8 Å². The molecule has 0 bridgehead atoms. The average molecular weight is 228 g/mol. The van der Waals surface area contributed by atoms with Crippen LogP contribution in [0.1, 0.15) is 18.1 Å². The van der Waals surface area contributed by atoms with Crippen LogP contribution < -0.4 is 4.74 Å². The van der Waals surface area contributed by atoms with Crippen molar-refractivity contribution in [2.45, 2.75) is 20.4 Å². The summed E-state index contributed by atoms with van der Waals surface area (Å²) in [5.41, 5.74) is 2.19. The minimum Gasteiger partial charge on any atom is -0.496 e. The standard InChI is InChI=1S/C12H18ClNO/c1-5-14(3)8-10-7-11(13)9(2)6-12(10)15-4/h6-7H,5,8H2,1-4H3. The molecule has 1 aromatic rings. The Morgan fingerprint density at radius 1 is 1.40 bits per heavy atom. The molecule has 3 heteroatoms. The number of halogens is 1. The molecule has 0 atom stereocenters. The Balaban J connectivity index is 2.99. The molecule has 0 fully saturated rings. The van der Waals surface area contributed by atoms with Crippen molar-refractivity contribution in [3.8, 4) is 5.75 Å². The second kappa shape index (κ2) is 5.38. The maximum Gasteiger partial charge on any atom is 0.123 e. The van der Waals surface area contributed by atoms with E-state index in [4.69, 9.17) is 16.3 Å². The zero-order valence-corrected chi connectivity index (χ0v) is 10.6. The maximum absolute atomic E-state index is 6.10. The zero-order chi connectivity index (χ0) is 11.4. The highest BCUT2D eigenvalue weighted by Crippen LogP contribution is 2.27. The van der Waals surface area contributed by atoms with E-state index in [1.807, 2.05) is 19.1 Å². The Morgan fingerprint density at radius 2 is 2.07 bits per heavy atom. The normalized spacial score (nSPS) is 10.8. The van der Waals surface area contributed by atoms with E-state index in [1.54, 1.807) is 7.11 Å². The molecule has 0 saturated heterocycles. The van der Waals surface area contributed by atoms with Gasteiger partial charge in [0.2, 0.25) is 0 Å². The Morgan fingerprint density at radius 3 is 2.60 bits per heavy atom. The number of benzene rings is 1. The summed E-state index contributed by atoms with van der Waals surface area (Å²) >= 11 is 6.10. The third-order valence-corrected chi connectivity index (χ3v) is 2.95. The van der Waals surface area contributed by atoms with E-state index in [0.29, 0.717) is 0 Å². The number of rotatable bonds is 4. The number of hydrogen-bond donors (Lipinski definition) is 0. The quantitative estimate of drug-likeness (QED) is 0.784. The number of nitrogens with zero attached hydrogens (tertiary/aromatic N) is 1. The van der Waals surface area contributed by atoms with Crippen molar-refractivity contribution in [1.29, 1.82) is 0 Å². The molecule has 1 rings (SSSR count). The van der Waals surface area contributed by atoms with Gasteiger partial charge in [0.1, 0.15) is 5.75 Å². The lowest BCUT2D eigenvalue weighted by atomic mass is 10.1. The number of aryl methyl sites for hydroxylation is 1. The first-order chi connectivity index (χ1) is 7.08. The Kier molecular flexibility index (Phi) is 4.43. The molecule has 0 aliphatic carbocycles. The largest absolute Gasteiger partial charge is 0.496 e. The summed E-state index contributed by atoms with van der Waals surface area (Å²) in [4.78, 5) is 2.21. The number of hydrogen-bond acceptors (Lipinski definition) is 2. The van der Waals surface area contributed by atoms with Crippen molar-refractivity contribution in [3.05, 3.63) is 28.3 Å². The van der Waals surface area contributed by atoms with Crippen LogP contribution in [0, 0.1) is 6.92 Å². The first kappa shape index (κ1) is 12.3. The van der Waals surface area contributed by atoms with E-state index in [0.717, 1.165) is 35.0 Å². The smallest absolute Gasteiger partial charge is 0.123 e. The van der Waals surface area contributed by atoms with Gasteiger partial charge >= 0.3 is 0 Å². The van der Waals surface area contributed by atoms with Crippen LogP contribution in [-0.2, 0) is 6.54 Å². The van der Waals surface area contributed by atoms with Crippen molar-refractivity contribution in [2.75, 3.05) is 20.7 Å². The second-order valence-corrected chi connectivity index (χ2v) is 4.15. The van der Waals surface area contributed by atoms with Crippen LogP contribution >= 0.6 is 11.6 Å². The van der Waals surface area contributed by atoms with Gasteiger partial charge in [-0.3, -0.25) is 0 Å². The molecule has 1 aromatic carbocycles. The van der Waals surface area contributed by atoms with Crippen molar-refractivity contribution in [3.63, 3.8) is 0 Å². The minimum absolute atomic E-state index is 0.801. The van der Waals surface area contributed by atoms with Crippen LogP contribution in [0.3, 0.4) is 0 Å². The Bertz CT molecular complexity index is 339. The highest BCUT2D eigenvalue weighted by atomic mass is 35.5. The predicted molar refractivity (Wildman–Crippen MR) is 64.7 cm³/mol. The molecule has 84 valence electrons. The fourth-order valence-electron chi connectivity index (χ4n) is 1.41. The lowest BCUT2D eigenvalue weighted by Gasteiger charge is -2.17. The summed E-state index contributed by atoms with van der Waals surface area (Å²) in [7, 11) is 3.77. The van der Waals surface area contributed by atoms with E-state index in [2.05, 4.69) is 18.9 Å². The topological polar surface area (TPSA) is 12.5 Å². The molecule has 0 radical (unpaired) electrons. The van der Waals surface area contributed by atoms with Crippen LogP contribution in [0.15, 0.2) is 12.1 Å². The van der Waals surface area contributed by atoms with Gasteiger partial charge in [0.15, 0.2) is 0 Å². The number of ether oxygens (including phenoxy) is 1. The molecule has 0 heterocycles. The fourth-order valence-corrected chi connectivity index (χ4v) is 1.60. The molecule has 15 heavy (non-hydrogen) atoms. The monoisotopic (exact) mass is 227 g/mol. The molecule has 0 amide bonds. The summed E-state index contributed by atoms with van der Waals surface area (Å²) in [6.45, 7) is 5.98. The van der Waals surface area contributed by atoms with Gasteiger partial charge in [-0.1, -0.05) is 18.5 Å². The Hall–Kier alpha value is -0.730. The van der Waals surface area contributed by atoms with Gasteiger partial charge in [-0.15, -0.1) is 0 Å². The van der Waals surface area contributed by atoms with Crippen LogP contribution in [-0.4, -0.2) is 25.6 Å². The number of methoxy groups -OCH3 is 1. The lowest BCUT2D eigenvalue weighted by molar-refractivity contribution is 0.333. The molecule has 2 nitrogen and oxygen atoms in total.